The van der Waals surface area contributed by atoms with Crippen molar-refractivity contribution in [3.63, 3.8) is 0 Å². The van der Waals surface area contributed by atoms with E-state index in [1.807, 2.05) is 6.92 Å². The van der Waals surface area contributed by atoms with Crippen LogP contribution >= 0.6 is 15.9 Å². The predicted octanol–water partition coefficient (Wildman–Crippen LogP) is 1.09. The summed E-state index contributed by atoms with van der Waals surface area (Å²) in [5.41, 5.74) is 0. The zero-order valence-corrected chi connectivity index (χ0v) is 6.14. The molecule has 0 spiro atoms. The van der Waals surface area contributed by atoms with E-state index in [0.29, 0.717) is 0 Å². The van der Waals surface area contributed by atoms with Gasteiger partial charge in [0.15, 0.2) is 0 Å². The molecular formula is C5H7BrO2. The van der Waals surface area contributed by atoms with Crippen LogP contribution in [0.15, 0.2) is 0 Å². The first-order chi connectivity index (χ1) is 3.70. The van der Waals surface area contributed by atoms with E-state index in [1.54, 1.807) is 0 Å². The molecule has 3 heteroatoms. The third-order valence-corrected chi connectivity index (χ3v) is 1.86. The Bertz CT molecular complexity index is 113. The molecule has 0 aromatic heterocycles. The highest BCUT2D eigenvalue weighted by Gasteiger charge is 2.28. The lowest BCUT2D eigenvalue weighted by Gasteiger charge is -1.95. The molecule has 0 N–H and O–H groups in total. The molecule has 0 aromatic carbocycles. The summed E-state index contributed by atoms with van der Waals surface area (Å²) in [6, 6.07) is 0. The molecule has 0 saturated carbocycles. The van der Waals surface area contributed by atoms with Crippen LogP contribution in [-0.2, 0) is 9.53 Å². The summed E-state index contributed by atoms with van der Waals surface area (Å²) in [6.45, 7) is 1.89. The molecule has 8 heavy (non-hydrogen) atoms. The van der Waals surface area contributed by atoms with Gasteiger partial charge in [-0.15, -0.1) is 0 Å². The van der Waals surface area contributed by atoms with Crippen LogP contribution in [0, 0.1) is 0 Å². The van der Waals surface area contributed by atoms with Crippen molar-refractivity contribution in [1.29, 1.82) is 0 Å². The van der Waals surface area contributed by atoms with E-state index >= 15 is 0 Å². The van der Waals surface area contributed by atoms with Crippen LogP contribution in [-0.4, -0.2) is 16.9 Å². The van der Waals surface area contributed by atoms with Crippen LogP contribution in [0.1, 0.15) is 13.3 Å². The van der Waals surface area contributed by atoms with Crippen molar-refractivity contribution >= 4 is 21.9 Å². The highest BCUT2D eigenvalue weighted by atomic mass is 79.9. The fourth-order valence-electron chi connectivity index (χ4n) is 0.708. The molecular weight excluding hydrogens is 172 g/mol. The Labute approximate surface area is 56.3 Å². The van der Waals surface area contributed by atoms with Crippen molar-refractivity contribution in [2.45, 2.75) is 24.3 Å². The average Bonchev–Trinajstić information content (AvgIpc) is 1.85. The van der Waals surface area contributed by atoms with E-state index in [0.717, 1.165) is 6.42 Å². The largest absolute Gasteiger partial charge is 0.462 e. The van der Waals surface area contributed by atoms with E-state index < -0.39 is 0 Å². The van der Waals surface area contributed by atoms with Crippen LogP contribution in [0.25, 0.3) is 0 Å². The molecule has 1 heterocycles. The molecule has 1 rings (SSSR count). The molecule has 0 unspecified atom stereocenters. The maximum atomic E-state index is 10.5. The van der Waals surface area contributed by atoms with Gasteiger partial charge in [0.2, 0.25) is 0 Å². The maximum Gasteiger partial charge on any atom is 0.320 e. The molecule has 0 radical (unpaired) electrons. The number of alkyl halides is 1. The fourth-order valence-corrected chi connectivity index (χ4v) is 1.34. The number of esters is 1. The van der Waals surface area contributed by atoms with Gasteiger partial charge < -0.3 is 4.74 Å². The standard InChI is InChI=1S/C5H7BrO2/c1-3-2-4(6)5(7)8-3/h3-4H,2H2,1H3/t3-,4-/m1/s1. The van der Waals surface area contributed by atoms with Gasteiger partial charge in [-0.1, -0.05) is 15.9 Å². The minimum atomic E-state index is -0.127. The van der Waals surface area contributed by atoms with Gasteiger partial charge in [-0.05, 0) is 6.92 Å². The van der Waals surface area contributed by atoms with Gasteiger partial charge in [0, 0.05) is 6.42 Å². The zero-order valence-electron chi connectivity index (χ0n) is 4.56. The van der Waals surface area contributed by atoms with Gasteiger partial charge in [-0.2, -0.15) is 0 Å². The van der Waals surface area contributed by atoms with Crippen molar-refractivity contribution in [3.05, 3.63) is 0 Å². The van der Waals surface area contributed by atoms with E-state index in [2.05, 4.69) is 15.9 Å². The Balaban J connectivity index is 2.51. The van der Waals surface area contributed by atoms with Gasteiger partial charge >= 0.3 is 5.97 Å². The minimum absolute atomic E-state index is 0.0579. The summed E-state index contributed by atoms with van der Waals surface area (Å²) in [5, 5.41) is 0. The van der Waals surface area contributed by atoms with Crippen LogP contribution in [0.2, 0.25) is 0 Å². The van der Waals surface area contributed by atoms with Gasteiger partial charge in [0.1, 0.15) is 10.9 Å². The normalized spacial score (nSPS) is 37.5. The Hall–Kier alpha value is -0.0500. The average molecular weight is 179 g/mol. The van der Waals surface area contributed by atoms with Crippen molar-refractivity contribution < 1.29 is 9.53 Å². The van der Waals surface area contributed by atoms with E-state index in [-0.39, 0.29) is 16.9 Å². The fraction of sp³-hybridized carbons (Fsp3) is 0.800. The SMILES string of the molecule is C[C@@H]1C[C@@H](Br)C(=O)O1. The van der Waals surface area contributed by atoms with Crippen LogP contribution in [0.5, 0.6) is 0 Å². The van der Waals surface area contributed by atoms with Crippen LogP contribution in [0.4, 0.5) is 0 Å². The van der Waals surface area contributed by atoms with Crippen molar-refractivity contribution in [2.75, 3.05) is 0 Å². The highest BCUT2D eigenvalue weighted by molar-refractivity contribution is 9.10. The lowest BCUT2D eigenvalue weighted by atomic mass is 10.3. The monoisotopic (exact) mass is 178 g/mol. The molecule has 2 nitrogen and oxygen atoms in total. The second kappa shape index (κ2) is 2.05. The number of hydrogen-bond donors (Lipinski definition) is 0. The van der Waals surface area contributed by atoms with Gasteiger partial charge in [0.05, 0.1) is 0 Å². The van der Waals surface area contributed by atoms with Crippen molar-refractivity contribution in [1.82, 2.24) is 0 Å². The highest BCUT2D eigenvalue weighted by Crippen LogP contribution is 2.20. The lowest BCUT2D eigenvalue weighted by Crippen LogP contribution is -2.04. The van der Waals surface area contributed by atoms with E-state index in [1.165, 1.54) is 0 Å². The topological polar surface area (TPSA) is 26.3 Å². The number of cyclic esters (lactones) is 1. The summed E-state index contributed by atoms with van der Waals surface area (Å²) < 4.78 is 4.79. The third-order valence-electron chi connectivity index (χ3n) is 1.11. The smallest absolute Gasteiger partial charge is 0.320 e. The van der Waals surface area contributed by atoms with Gasteiger partial charge in [-0.3, -0.25) is 4.79 Å². The number of halogens is 1. The second-order valence-corrected chi connectivity index (χ2v) is 3.06. The summed E-state index contributed by atoms with van der Waals surface area (Å²) in [5.74, 6) is -0.127. The summed E-state index contributed by atoms with van der Waals surface area (Å²) in [6.07, 6.45) is 0.908. The molecule has 1 aliphatic heterocycles. The van der Waals surface area contributed by atoms with Crippen LogP contribution < -0.4 is 0 Å². The molecule has 2 atom stereocenters. The Kier molecular flexibility index (Phi) is 1.56. The van der Waals surface area contributed by atoms with E-state index in [9.17, 15) is 4.79 Å². The number of hydrogen-bond acceptors (Lipinski definition) is 2. The molecule has 0 aromatic rings. The summed E-state index contributed by atoms with van der Waals surface area (Å²) in [4.78, 5) is 10.5. The first-order valence-electron chi connectivity index (χ1n) is 2.54. The maximum absolute atomic E-state index is 10.5. The quantitative estimate of drug-likeness (QED) is 0.411. The predicted molar refractivity (Wildman–Crippen MR) is 32.9 cm³/mol. The van der Waals surface area contributed by atoms with Crippen molar-refractivity contribution in [2.24, 2.45) is 0 Å². The molecule has 0 bridgehead atoms. The Morgan fingerprint density at radius 3 is 2.62 bits per heavy atom. The Morgan fingerprint density at radius 1 is 1.88 bits per heavy atom. The number of ether oxygens (including phenoxy) is 1. The molecule has 1 fully saturated rings. The Morgan fingerprint density at radius 2 is 2.50 bits per heavy atom. The number of carbonyl (C=O) groups is 1. The molecule has 0 amide bonds. The molecule has 46 valence electrons. The minimum Gasteiger partial charge on any atom is -0.462 e. The van der Waals surface area contributed by atoms with Gasteiger partial charge in [-0.25, -0.2) is 0 Å². The van der Waals surface area contributed by atoms with Gasteiger partial charge in [0.25, 0.3) is 0 Å². The first kappa shape index (κ1) is 6.08. The van der Waals surface area contributed by atoms with Crippen LogP contribution in [0.3, 0.4) is 0 Å². The number of rotatable bonds is 0. The lowest BCUT2D eigenvalue weighted by molar-refractivity contribution is -0.140. The molecule has 0 aliphatic carbocycles. The zero-order chi connectivity index (χ0) is 6.15. The second-order valence-electron chi connectivity index (χ2n) is 1.95. The first-order valence-corrected chi connectivity index (χ1v) is 3.46. The van der Waals surface area contributed by atoms with E-state index in [4.69, 9.17) is 4.74 Å². The summed E-state index contributed by atoms with van der Waals surface area (Å²) in [7, 11) is 0. The number of carbonyl (C=O) groups excluding carboxylic acids is 1. The molecule has 1 saturated heterocycles. The van der Waals surface area contributed by atoms with Crippen molar-refractivity contribution in [3.8, 4) is 0 Å². The molecule has 1 aliphatic rings. The third kappa shape index (κ3) is 1.02. The summed E-state index contributed by atoms with van der Waals surface area (Å²) >= 11 is 3.17.